The number of carbonyl (C=O) groups excluding carboxylic acids is 1. The number of thioether (sulfide) groups is 1. The molecule has 0 radical (unpaired) electrons. The van der Waals surface area contributed by atoms with Gasteiger partial charge in [-0.1, -0.05) is 78.6 Å². The zero-order valence-corrected chi connectivity index (χ0v) is 21.5. The van der Waals surface area contributed by atoms with Crippen molar-refractivity contribution in [2.45, 2.75) is 51.7 Å². The summed E-state index contributed by atoms with van der Waals surface area (Å²) < 4.78 is 12.4. The lowest BCUT2D eigenvalue weighted by Crippen LogP contribution is -2.39. The van der Waals surface area contributed by atoms with Crippen molar-refractivity contribution < 1.29 is 14.3 Å². The van der Waals surface area contributed by atoms with Gasteiger partial charge in [-0.25, -0.2) is 0 Å². The Kier molecular flexibility index (Phi) is 8.23. The number of rotatable bonds is 7. The topological polar surface area (TPSA) is 38.8 Å². The van der Waals surface area contributed by atoms with Crippen molar-refractivity contribution in [2.75, 3.05) is 6.61 Å². The van der Waals surface area contributed by atoms with E-state index in [-0.39, 0.29) is 11.9 Å². The highest BCUT2D eigenvalue weighted by molar-refractivity contribution is 8.26. The van der Waals surface area contributed by atoms with Crippen LogP contribution in [0.3, 0.4) is 0 Å². The van der Waals surface area contributed by atoms with Gasteiger partial charge in [0.25, 0.3) is 5.91 Å². The molecule has 0 bridgehead atoms. The Morgan fingerprint density at radius 3 is 2.55 bits per heavy atom. The Balaban J connectivity index is 1.55. The first-order chi connectivity index (χ1) is 16.0. The maximum Gasteiger partial charge on any atom is 0.266 e. The van der Waals surface area contributed by atoms with Gasteiger partial charge in [0.1, 0.15) is 10.9 Å². The number of carbonyl (C=O) groups is 1. The van der Waals surface area contributed by atoms with Crippen molar-refractivity contribution in [1.29, 1.82) is 0 Å². The van der Waals surface area contributed by atoms with Crippen LogP contribution in [-0.2, 0) is 11.4 Å². The number of benzene rings is 2. The van der Waals surface area contributed by atoms with Gasteiger partial charge in [-0.05, 0) is 61.2 Å². The number of halogens is 2. The summed E-state index contributed by atoms with van der Waals surface area (Å²) in [6, 6.07) is 11.3. The van der Waals surface area contributed by atoms with Crippen LogP contribution in [0.25, 0.3) is 6.08 Å². The van der Waals surface area contributed by atoms with Crippen molar-refractivity contribution in [2.24, 2.45) is 0 Å². The largest absolute Gasteiger partial charge is 0.490 e. The molecule has 4 nitrogen and oxygen atoms in total. The van der Waals surface area contributed by atoms with Crippen LogP contribution in [0.2, 0.25) is 10.0 Å². The second-order valence-electron chi connectivity index (χ2n) is 8.02. The first kappa shape index (κ1) is 24.4. The van der Waals surface area contributed by atoms with E-state index in [0.717, 1.165) is 36.8 Å². The summed E-state index contributed by atoms with van der Waals surface area (Å²) in [7, 11) is 0. The Morgan fingerprint density at radius 1 is 1.12 bits per heavy atom. The molecule has 1 saturated heterocycles. The first-order valence-corrected chi connectivity index (χ1v) is 13.0. The van der Waals surface area contributed by atoms with Crippen LogP contribution in [-0.4, -0.2) is 27.8 Å². The fourth-order valence-electron chi connectivity index (χ4n) is 4.10. The summed E-state index contributed by atoms with van der Waals surface area (Å²) in [4.78, 5) is 15.5. The molecule has 2 fully saturated rings. The fraction of sp³-hybridized carbons (Fsp3) is 0.360. The summed E-state index contributed by atoms with van der Waals surface area (Å²) in [5, 5.41) is 1.09. The van der Waals surface area contributed by atoms with E-state index in [1.54, 1.807) is 11.0 Å². The highest BCUT2D eigenvalue weighted by Gasteiger charge is 2.37. The molecular weight excluding hydrogens is 497 g/mol. The third kappa shape index (κ3) is 5.86. The Morgan fingerprint density at radius 2 is 1.85 bits per heavy atom. The molecule has 1 aliphatic heterocycles. The van der Waals surface area contributed by atoms with Gasteiger partial charge in [0.2, 0.25) is 0 Å². The van der Waals surface area contributed by atoms with Crippen LogP contribution in [0, 0.1) is 0 Å². The van der Waals surface area contributed by atoms with Gasteiger partial charge in [-0.15, -0.1) is 0 Å². The molecule has 174 valence electrons. The average Bonchev–Trinajstić information content (AvgIpc) is 3.08. The van der Waals surface area contributed by atoms with E-state index >= 15 is 0 Å². The van der Waals surface area contributed by atoms with Gasteiger partial charge in [0.05, 0.1) is 16.5 Å². The minimum Gasteiger partial charge on any atom is -0.490 e. The molecule has 8 heteroatoms. The van der Waals surface area contributed by atoms with Gasteiger partial charge < -0.3 is 9.47 Å². The number of nitrogens with zero attached hydrogens (tertiary/aromatic N) is 1. The maximum atomic E-state index is 13.1. The molecular formula is C25H25Cl2NO3S2. The normalized spacial score (nSPS) is 18.3. The number of amides is 1. The predicted octanol–water partition coefficient (Wildman–Crippen LogP) is 7.51. The van der Waals surface area contributed by atoms with E-state index in [4.69, 9.17) is 44.9 Å². The predicted molar refractivity (Wildman–Crippen MR) is 140 cm³/mol. The molecule has 4 rings (SSSR count). The first-order valence-electron chi connectivity index (χ1n) is 11.1. The number of hydrogen-bond donors (Lipinski definition) is 0. The lowest BCUT2D eigenvalue weighted by atomic mass is 9.94. The van der Waals surface area contributed by atoms with Crippen molar-refractivity contribution in [3.63, 3.8) is 0 Å². The van der Waals surface area contributed by atoms with Crippen LogP contribution < -0.4 is 9.47 Å². The van der Waals surface area contributed by atoms with E-state index in [1.165, 1.54) is 18.2 Å². The van der Waals surface area contributed by atoms with Crippen LogP contribution >= 0.6 is 47.2 Å². The van der Waals surface area contributed by atoms with Crippen LogP contribution in [0.4, 0.5) is 0 Å². The van der Waals surface area contributed by atoms with E-state index < -0.39 is 0 Å². The van der Waals surface area contributed by atoms with Gasteiger partial charge in [-0.3, -0.25) is 9.69 Å². The van der Waals surface area contributed by atoms with Gasteiger partial charge in [0, 0.05) is 11.1 Å². The highest BCUT2D eigenvalue weighted by Crippen LogP contribution is 2.41. The SMILES string of the molecule is CCOc1cc(/C=C2\SC(=S)N(C3CCCCC3)C2=O)cc(Cl)c1OCc1ccc(Cl)cc1. The zero-order valence-electron chi connectivity index (χ0n) is 18.3. The van der Waals surface area contributed by atoms with Crippen molar-refractivity contribution in [3.05, 3.63) is 62.5 Å². The molecule has 33 heavy (non-hydrogen) atoms. The molecule has 2 aliphatic rings. The van der Waals surface area contributed by atoms with Gasteiger partial charge in [0.15, 0.2) is 11.5 Å². The molecule has 0 N–H and O–H groups in total. The summed E-state index contributed by atoms with van der Waals surface area (Å²) in [6.07, 6.45) is 7.38. The Bertz CT molecular complexity index is 1070. The maximum absolute atomic E-state index is 13.1. The smallest absolute Gasteiger partial charge is 0.266 e. The minimum absolute atomic E-state index is 0.0194. The zero-order chi connectivity index (χ0) is 23.4. The van der Waals surface area contributed by atoms with E-state index in [2.05, 4.69) is 0 Å². The molecule has 2 aromatic carbocycles. The van der Waals surface area contributed by atoms with Crippen molar-refractivity contribution in [3.8, 4) is 11.5 Å². The van der Waals surface area contributed by atoms with Gasteiger partial charge >= 0.3 is 0 Å². The second kappa shape index (κ2) is 11.1. The van der Waals surface area contributed by atoms with Crippen LogP contribution in [0.5, 0.6) is 11.5 Å². The lowest BCUT2D eigenvalue weighted by Gasteiger charge is -2.29. The van der Waals surface area contributed by atoms with Gasteiger partial charge in [-0.2, -0.15) is 0 Å². The summed E-state index contributed by atoms with van der Waals surface area (Å²) in [5.74, 6) is 0.988. The summed E-state index contributed by atoms with van der Waals surface area (Å²) in [5.41, 5.74) is 1.74. The lowest BCUT2D eigenvalue weighted by molar-refractivity contribution is -0.124. The van der Waals surface area contributed by atoms with E-state index in [9.17, 15) is 4.79 Å². The number of hydrogen-bond acceptors (Lipinski definition) is 5. The molecule has 2 aromatic rings. The molecule has 0 aromatic heterocycles. The minimum atomic E-state index is -0.0194. The third-order valence-corrected chi connectivity index (χ3v) is 7.55. The molecule has 0 atom stereocenters. The van der Waals surface area contributed by atoms with Crippen LogP contribution in [0.1, 0.15) is 50.2 Å². The molecule has 0 spiro atoms. The highest BCUT2D eigenvalue weighted by atomic mass is 35.5. The van der Waals surface area contributed by atoms with E-state index in [1.807, 2.05) is 43.3 Å². The Hall–Kier alpha value is -1.73. The summed E-state index contributed by atoms with van der Waals surface area (Å²) >= 11 is 19.4. The second-order valence-corrected chi connectivity index (χ2v) is 10.5. The molecule has 1 heterocycles. The molecule has 0 unspecified atom stereocenters. The van der Waals surface area contributed by atoms with Crippen molar-refractivity contribution >= 4 is 63.5 Å². The number of thiocarbonyl (C=S) groups is 1. The monoisotopic (exact) mass is 521 g/mol. The molecule has 1 aliphatic carbocycles. The van der Waals surface area contributed by atoms with Crippen molar-refractivity contribution in [1.82, 2.24) is 4.90 Å². The van der Waals surface area contributed by atoms with E-state index in [0.29, 0.717) is 44.0 Å². The third-order valence-electron chi connectivity index (χ3n) is 5.69. The standard InChI is InChI=1S/C25H25Cl2NO3S2/c1-2-30-21-13-17(12-20(27)23(21)31-15-16-8-10-18(26)11-9-16)14-22-24(29)28(25(32)33-22)19-6-4-3-5-7-19/h8-14,19H,2-7,15H2,1H3/b22-14-. The fourth-order valence-corrected chi connectivity index (χ4v) is 5.90. The quantitative estimate of drug-likeness (QED) is 0.278. The molecule has 1 amide bonds. The Labute approximate surface area is 214 Å². The van der Waals surface area contributed by atoms with Crippen LogP contribution in [0.15, 0.2) is 41.3 Å². The summed E-state index contributed by atoms with van der Waals surface area (Å²) in [6.45, 7) is 2.69. The molecule has 1 saturated carbocycles. The average molecular weight is 523 g/mol. The number of ether oxygens (including phenoxy) is 2.